The Morgan fingerprint density at radius 2 is 2.25 bits per heavy atom. The summed E-state index contributed by atoms with van der Waals surface area (Å²) in [6.45, 7) is 4.02. The van der Waals surface area contributed by atoms with Crippen LogP contribution in [0.3, 0.4) is 0 Å². The second-order valence-corrected chi connectivity index (χ2v) is 3.84. The number of nitrogens with zero attached hydrogens (tertiary/aromatic N) is 2. The molecule has 2 heterocycles. The Labute approximate surface area is 92.9 Å². The topological polar surface area (TPSA) is 67.9 Å². The van der Waals surface area contributed by atoms with Gasteiger partial charge in [0.15, 0.2) is 5.69 Å². The zero-order valence-corrected chi connectivity index (χ0v) is 9.44. The Bertz CT molecular complexity index is 531. The Morgan fingerprint density at radius 3 is 2.88 bits per heavy atom. The fourth-order valence-electron chi connectivity index (χ4n) is 1.58. The summed E-state index contributed by atoms with van der Waals surface area (Å²) in [5.41, 5.74) is 2.73. The van der Waals surface area contributed by atoms with E-state index < -0.39 is 5.97 Å². The number of carbonyl (C=O) groups is 1. The van der Waals surface area contributed by atoms with Gasteiger partial charge in [0.25, 0.3) is 0 Å². The Kier molecular flexibility index (Phi) is 2.60. The molecule has 0 aliphatic carbocycles. The molecule has 0 saturated heterocycles. The molecule has 2 aromatic heterocycles. The van der Waals surface area contributed by atoms with Crippen LogP contribution in [0.4, 0.5) is 0 Å². The number of hydrogen-bond donors (Lipinski definition) is 1. The minimum absolute atomic E-state index is 0.204. The number of fused-ring (bicyclic) bond motifs is 1. The number of H-pyrrole nitrogens is 1. The zero-order valence-electron chi connectivity index (χ0n) is 9.44. The number of esters is 1. The van der Waals surface area contributed by atoms with Gasteiger partial charge in [-0.3, -0.25) is 0 Å². The van der Waals surface area contributed by atoms with Crippen molar-refractivity contribution in [3.63, 3.8) is 0 Å². The van der Waals surface area contributed by atoms with Crippen molar-refractivity contribution in [2.45, 2.75) is 19.8 Å². The van der Waals surface area contributed by atoms with Crippen molar-refractivity contribution in [3.8, 4) is 0 Å². The molecule has 0 aliphatic rings. The molecule has 16 heavy (non-hydrogen) atoms. The SMILES string of the molecule is COC(=O)c1cc2[nH]cnc2c(C(C)C)n1. The van der Waals surface area contributed by atoms with Crippen molar-refractivity contribution in [2.24, 2.45) is 0 Å². The molecule has 5 heteroatoms. The van der Waals surface area contributed by atoms with Crippen LogP contribution in [0.15, 0.2) is 12.4 Å². The average Bonchev–Trinajstić information content (AvgIpc) is 2.74. The number of ether oxygens (including phenoxy) is 1. The monoisotopic (exact) mass is 219 g/mol. The van der Waals surface area contributed by atoms with E-state index in [1.807, 2.05) is 13.8 Å². The van der Waals surface area contributed by atoms with Gasteiger partial charge in [-0.25, -0.2) is 14.8 Å². The Balaban J connectivity index is 2.66. The fourth-order valence-corrected chi connectivity index (χ4v) is 1.58. The van der Waals surface area contributed by atoms with Crippen LogP contribution in [0.5, 0.6) is 0 Å². The van der Waals surface area contributed by atoms with Gasteiger partial charge in [-0.1, -0.05) is 13.8 Å². The highest BCUT2D eigenvalue weighted by Crippen LogP contribution is 2.21. The predicted molar refractivity (Wildman–Crippen MR) is 59.3 cm³/mol. The third-order valence-electron chi connectivity index (χ3n) is 2.37. The maximum absolute atomic E-state index is 11.4. The maximum atomic E-state index is 11.4. The largest absolute Gasteiger partial charge is 0.464 e. The summed E-state index contributed by atoms with van der Waals surface area (Å²) in [6.07, 6.45) is 1.60. The standard InChI is InChI=1S/C11H13N3O2/c1-6(2)9-10-7(12-5-13-10)4-8(14-9)11(15)16-3/h4-6H,1-3H3,(H,12,13). The van der Waals surface area contributed by atoms with Crippen LogP contribution in [0.2, 0.25) is 0 Å². The van der Waals surface area contributed by atoms with Gasteiger partial charge in [-0.05, 0) is 12.0 Å². The molecule has 0 atom stereocenters. The van der Waals surface area contributed by atoms with Gasteiger partial charge in [0.2, 0.25) is 0 Å². The molecule has 0 unspecified atom stereocenters. The molecule has 0 bridgehead atoms. The first-order valence-corrected chi connectivity index (χ1v) is 5.05. The first kappa shape index (κ1) is 10.6. The third kappa shape index (κ3) is 1.64. The van der Waals surface area contributed by atoms with Crippen molar-refractivity contribution in [1.29, 1.82) is 0 Å². The van der Waals surface area contributed by atoms with E-state index in [-0.39, 0.29) is 5.92 Å². The quantitative estimate of drug-likeness (QED) is 0.783. The summed E-state index contributed by atoms with van der Waals surface area (Å²) in [5, 5.41) is 0. The maximum Gasteiger partial charge on any atom is 0.356 e. The first-order chi connectivity index (χ1) is 7.63. The molecule has 0 aliphatic heterocycles. The number of hydrogen-bond acceptors (Lipinski definition) is 4. The number of pyridine rings is 1. The highest BCUT2D eigenvalue weighted by Gasteiger charge is 2.15. The number of rotatable bonds is 2. The number of aromatic amines is 1. The molecule has 0 fully saturated rings. The smallest absolute Gasteiger partial charge is 0.356 e. The van der Waals surface area contributed by atoms with E-state index in [1.54, 1.807) is 12.4 Å². The van der Waals surface area contributed by atoms with Crippen LogP contribution in [-0.2, 0) is 4.74 Å². The van der Waals surface area contributed by atoms with Gasteiger partial charge in [0, 0.05) is 0 Å². The summed E-state index contributed by atoms with van der Waals surface area (Å²) >= 11 is 0. The van der Waals surface area contributed by atoms with Crippen molar-refractivity contribution < 1.29 is 9.53 Å². The number of methoxy groups -OCH3 is 1. The molecule has 0 radical (unpaired) electrons. The van der Waals surface area contributed by atoms with Crippen LogP contribution in [0.1, 0.15) is 35.9 Å². The molecular weight excluding hydrogens is 206 g/mol. The van der Waals surface area contributed by atoms with E-state index in [1.165, 1.54) is 7.11 Å². The summed E-state index contributed by atoms with van der Waals surface area (Å²) in [5.74, 6) is -0.228. The second kappa shape index (κ2) is 3.92. The Hall–Kier alpha value is -1.91. The van der Waals surface area contributed by atoms with Crippen molar-refractivity contribution in [2.75, 3.05) is 7.11 Å². The van der Waals surface area contributed by atoms with E-state index in [0.29, 0.717) is 5.69 Å². The molecule has 2 rings (SSSR count). The normalized spacial score (nSPS) is 11.0. The van der Waals surface area contributed by atoms with Gasteiger partial charge in [-0.2, -0.15) is 0 Å². The summed E-state index contributed by atoms with van der Waals surface area (Å²) in [7, 11) is 1.34. The second-order valence-electron chi connectivity index (χ2n) is 3.84. The fraction of sp³-hybridized carbons (Fsp3) is 0.364. The number of aromatic nitrogens is 3. The lowest BCUT2D eigenvalue weighted by atomic mass is 10.1. The van der Waals surface area contributed by atoms with Crippen molar-refractivity contribution >= 4 is 17.0 Å². The number of imidazole rings is 1. The minimum Gasteiger partial charge on any atom is -0.464 e. The molecular formula is C11H13N3O2. The summed E-state index contributed by atoms with van der Waals surface area (Å²) in [6, 6.07) is 1.65. The van der Waals surface area contributed by atoms with Crippen LogP contribution in [0.25, 0.3) is 11.0 Å². The molecule has 0 amide bonds. The van der Waals surface area contributed by atoms with Gasteiger partial charge >= 0.3 is 5.97 Å². The third-order valence-corrected chi connectivity index (χ3v) is 2.37. The lowest BCUT2D eigenvalue weighted by molar-refractivity contribution is 0.0594. The number of nitrogens with one attached hydrogen (secondary N) is 1. The molecule has 0 spiro atoms. The van der Waals surface area contributed by atoms with Crippen LogP contribution < -0.4 is 0 Å². The molecule has 0 aromatic carbocycles. The van der Waals surface area contributed by atoms with Gasteiger partial charge < -0.3 is 9.72 Å². The predicted octanol–water partition coefficient (Wildman–Crippen LogP) is 1.87. The molecule has 1 N–H and O–H groups in total. The lowest BCUT2D eigenvalue weighted by Crippen LogP contribution is -2.07. The van der Waals surface area contributed by atoms with Gasteiger partial charge in [-0.15, -0.1) is 0 Å². The highest BCUT2D eigenvalue weighted by molar-refractivity contribution is 5.91. The summed E-state index contributed by atoms with van der Waals surface area (Å²) < 4.78 is 4.66. The highest BCUT2D eigenvalue weighted by atomic mass is 16.5. The van der Waals surface area contributed by atoms with Crippen LogP contribution in [0, 0.1) is 0 Å². The lowest BCUT2D eigenvalue weighted by Gasteiger charge is -2.07. The number of carbonyl (C=O) groups excluding carboxylic acids is 1. The van der Waals surface area contributed by atoms with E-state index in [0.717, 1.165) is 16.7 Å². The molecule has 0 saturated carbocycles. The molecule has 84 valence electrons. The van der Waals surface area contributed by atoms with Crippen molar-refractivity contribution in [1.82, 2.24) is 15.0 Å². The molecule has 5 nitrogen and oxygen atoms in total. The van der Waals surface area contributed by atoms with E-state index in [4.69, 9.17) is 0 Å². The first-order valence-electron chi connectivity index (χ1n) is 5.05. The van der Waals surface area contributed by atoms with Crippen molar-refractivity contribution in [3.05, 3.63) is 23.8 Å². The van der Waals surface area contributed by atoms with Gasteiger partial charge in [0.1, 0.15) is 5.52 Å². The summed E-state index contributed by atoms with van der Waals surface area (Å²) in [4.78, 5) is 22.9. The Morgan fingerprint density at radius 1 is 1.50 bits per heavy atom. The zero-order chi connectivity index (χ0) is 11.7. The van der Waals surface area contributed by atoms with E-state index in [2.05, 4.69) is 19.7 Å². The average molecular weight is 219 g/mol. The molecule has 2 aromatic rings. The van der Waals surface area contributed by atoms with Gasteiger partial charge in [0.05, 0.1) is 24.6 Å². The van der Waals surface area contributed by atoms with E-state index >= 15 is 0 Å². The van der Waals surface area contributed by atoms with Crippen LogP contribution in [-0.4, -0.2) is 28.0 Å². The minimum atomic E-state index is -0.432. The van der Waals surface area contributed by atoms with E-state index in [9.17, 15) is 4.79 Å². The van der Waals surface area contributed by atoms with Crippen LogP contribution >= 0.6 is 0 Å².